The molecule has 1 fully saturated rings. The van der Waals surface area contributed by atoms with Gasteiger partial charge in [-0.3, -0.25) is 4.79 Å². The van der Waals surface area contributed by atoms with Gasteiger partial charge in [-0.05, 0) is 37.8 Å². The lowest BCUT2D eigenvalue weighted by Gasteiger charge is -2.15. The van der Waals surface area contributed by atoms with Crippen molar-refractivity contribution in [2.24, 2.45) is 11.1 Å². The zero-order valence-electron chi connectivity index (χ0n) is 15.1. The maximum absolute atomic E-state index is 12.2. The third kappa shape index (κ3) is 6.84. The molecule has 1 N–H and O–H groups in total. The molecule has 0 radical (unpaired) electrons. The summed E-state index contributed by atoms with van der Waals surface area (Å²) in [6.07, 6.45) is 13.0. The van der Waals surface area contributed by atoms with E-state index in [1.54, 1.807) is 12.2 Å². The van der Waals surface area contributed by atoms with Gasteiger partial charge in [0, 0.05) is 19.1 Å². The van der Waals surface area contributed by atoms with E-state index in [-0.39, 0.29) is 17.7 Å². The fourth-order valence-electron chi connectivity index (χ4n) is 2.71. The van der Waals surface area contributed by atoms with Gasteiger partial charge in [0.1, 0.15) is 7.11 Å². The molecule has 0 bridgehead atoms. The topological polar surface area (TPSA) is 69.2 Å². The second-order valence-electron chi connectivity index (χ2n) is 6.16. The van der Waals surface area contributed by atoms with Crippen molar-refractivity contribution in [1.29, 1.82) is 0 Å². The van der Waals surface area contributed by atoms with Crippen LogP contribution in [-0.2, 0) is 19.1 Å². The van der Waals surface area contributed by atoms with E-state index in [0.29, 0.717) is 25.7 Å². The van der Waals surface area contributed by atoms with Crippen LogP contribution < -0.4 is 5.32 Å². The molecule has 2 unspecified atom stereocenters. The summed E-state index contributed by atoms with van der Waals surface area (Å²) in [5.41, 5.74) is 1.43. The number of amides is 1. The molecule has 1 aliphatic carbocycles. The normalized spacial score (nSPS) is 22.1. The van der Waals surface area contributed by atoms with E-state index in [2.05, 4.69) is 28.7 Å². The minimum absolute atomic E-state index is 0.0280. The minimum atomic E-state index is -0.254. The first-order valence-electron chi connectivity index (χ1n) is 8.82. The van der Waals surface area contributed by atoms with Gasteiger partial charge in [0.15, 0.2) is 5.71 Å². The van der Waals surface area contributed by atoms with Crippen LogP contribution in [0.4, 0.5) is 0 Å². The quantitative estimate of drug-likeness (QED) is 0.513. The van der Waals surface area contributed by atoms with Crippen molar-refractivity contribution in [2.45, 2.75) is 32.3 Å². The predicted octanol–water partition coefficient (Wildman–Crippen LogP) is 2.38. The molecule has 1 saturated heterocycles. The van der Waals surface area contributed by atoms with E-state index in [1.165, 1.54) is 12.7 Å². The molecule has 6 heteroatoms. The van der Waals surface area contributed by atoms with E-state index in [9.17, 15) is 4.79 Å². The molecule has 0 saturated carbocycles. The summed E-state index contributed by atoms with van der Waals surface area (Å²) < 4.78 is 11.1. The second kappa shape index (κ2) is 10.8. The number of nitrogens with zero attached hydrogens (tertiary/aromatic N) is 1. The maximum atomic E-state index is 12.2. The Morgan fingerprint density at radius 3 is 3.08 bits per heavy atom. The number of nitrogens with one attached hydrogen (secondary N) is 1. The Morgan fingerprint density at radius 2 is 2.40 bits per heavy atom. The van der Waals surface area contributed by atoms with Crippen LogP contribution in [0.3, 0.4) is 0 Å². The number of carbonyl (C=O) groups is 1. The first-order valence-corrected chi connectivity index (χ1v) is 8.82. The molecule has 1 heterocycles. The van der Waals surface area contributed by atoms with Crippen LogP contribution in [0.1, 0.15) is 26.2 Å². The number of allylic oxidation sites excluding steroid dienone is 2. The van der Waals surface area contributed by atoms with E-state index >= 15 is 0 Å². The van der Waals surface area contributed by atoms with Crippen molar-refractivity contribution in [3.8, 4) is 0 Å². The van der Waals surface area contributed by atoms with Crippen molar-refractivity contribution in [1.82, 2.24) is 5.32 Å². The highest BCUT2D eigenvalue weighted by atomic mass is 16.6. The molecule has 6 nitrogen and oxygen atoms in total. The molecule has 138 valence electrons. The molecule has 0 aromatic heterocycles. The Labute approximate surface area is 149 Å². The smallest absolute Gasteiger partial charge is 0.273 e. The fraction of sp³-hybridized carbons (Fsp3) is 0.579. The summed E-state index contributed by atoms with van der Waals surface area (Å²) in [5.74, 6) is 0.119. The molecule has 1 aliphatic heterocycles. The van der Waals surface area contributed by atoms with Gasteiger partial charge in [0.2, 0.25) is 0 Å². The highest BCUT2D eigenvalue weighted by molar-refractivity contribution is 6.43. The molecule has 2 rings (SSSR count). The Kier molecular flexibility index (Phi) is 8.42. The average molecular weight is 348 g/mol. The van der Waals surface area contributed by atoms with E-state index in [0.717, 1.165) is 25.9 Å². The van der Waals surface area contributed by atoms with E-state index in [4.69, 9.17) is 14.3 Å². The number of carbonyl (C=O) groups excluding carboxylic acids is 1. The molecular formula is C19H28N2O4. The minimum Gasteiger partial charge on any atom is -0.398 e. The van der Waals surface area contributed by atoms with Gasteiger partial charge < -0.3 is 19.6 Å². The number of rotatable bonds is 9. The van der Waals surface area contributed by atoms with Gasteiger partial charge in [-0.2, -0.15) is 0 Å². The molecule has 2 atom stereocenters. The van der Waals surface area contributed by atoms with Crippen LogP contribution in [0.5, 0.6) is 0 Å². The van der Waals surface area contributed by atoms with Crippen LogP contribution in [0.15, 0.2) is 41.1 Å². The molecule has 0 aromatic rings. The molecule has 2 aliphatic rings. The van der Waals surface area contributed by atoms with Crippen LogP contribution in [-0.4, -0.2) is 51.2 Å². The summed E-state index contributed by atoms with van der Waals surface area (Å²) in [6, 6.07) is 0. The van der Waals surface area contributed by atoms with Crippen molar-refractivity contribution in [3.63, 3.8) is 0 Å². The number of hydrogen-bond acceptors (Lipinski definition) is 5. The van der Waals surface area contributed by atoms with Crippen LogP contribution in [0.25, 0.3) is 0 Å². The third-order valence-corrected chi connectivity index (χ3v) is 4.21. The predicted molar refractivity (Wildman–Crippen MR) is 97.4 cm³/mol. The lowest BCUT2D eigenvalue weighted by molar-refractivity contribution is -0.115. The van der Waals surface area contributed by atoms with Crippen LogP contribution >= 0.6 is 0 Å². The lowest BCUT2D eigenvalue weighted by atomic mass is 10.0. The largest absolute Gasteiger partial charge is 0.398 e. The maximum Gasteiger partial charge on any atom is 0.273 e. The highest BCUT2D eigenvalue weighted by Crippen LogP contribution is 2.15. The summed E-state index contributed by atoms with van der Waals surface area (Å²) in [5, 5.41) is 6.66. The molecule has 1 amide bonds. The Bertz CT molecular complexity index is 546. The van der Waals surface area contributed by atoms with Crippen LogP contribution in [0, 0.1) is 5.92 Å². The third-order valence-electron chi connectivity index (χ3n) is 4.21. The van der Waals surface area contributed by atoms with Crippen molar-refractivity contribution in [3.05, 3.63) is 36.0 Å². The monoisotopic (exact) mass is 348 g/mol. The van der Waals surface area contributed by atoms with E-state index < -0.39 is 0 Å². The Morgan fingerprint density at radius 1 is 1.52 bits per heavy atom. The Hall–Kier alpha value is -1.92. The SMILES string of the molecule is CO/N=C(\C=C\COC(C)C1=CCCC=C1)C(=O)NCC1CCOC1. The summed E-state index contributed by atoms with van der Waals surface area (Å²) in [7, 11) is 1.42. The van der Waals surface area contributed by atoms with Gasteiger partial charge in [0.05, 0.1) is 19.3 Å². The van der Waals surface area contributed by atoms with E-state index in [1.807, 2.05) is 6.92 Å². The zero-order chi connectivity index (χ0) is 17.9. The summed E-state index contributed by atoms with van der Waals surface area (Å²) in [6.45, 7) is 4.47. The van der Waals surface area contributed by atoms with Crippen molar-refractivity contribution >= 4 is 11.6 Å². The van der Waals surface area contributed by atoms with Gasteiger partial charge in [-0.1, -0.05) is 29.5 Å². The number of oxime groups is 1. The van der Waals surface area contributed by atoms with Gasteiger partial charge in [-0.25, -0.2) is 0 Å². The highest BCUT2D eigenvalue weighted by Gasteiger charge is 2.17. The van der Waals surface area contributed by atoms with Gasteiger partial charge in [-0.15, -0.1) is 0 Å². The molecule has 0 spiro atoms. The standard InChI is InChI=1S/C19H28N2O4/c1-15(17-7-4-3-5-8-17)25-11-6-9-18(21-23-2)19(22)20-13-16-10-12-24-14-16/h4,6-9,15-16H,3,5,10-14H2,1-2H3,(H,20,22)/b9-6+,21-18+. The van der Waals surface area contributed by atoms with Gasteiger partial charge >= 0.3 is 0 Å². The summed E-state index contributed by atoms with van der Waals surface area (Å²) >= 11 is 0. The second-order valence-corrected chi connectivity index (χ2v) is 6.16. The average Bonchev–Trinajstić information content (AvgIpc) is 3.16. The van der Waals surface area contributed by atoms with Crippen LogP contribution in [0.2, 0.25) is 0 Å². The van der Waals surface area contributed by atoms with Crippen molar-refractivity contribution < 1.29 is 19.1 Å². The molecular weight excluding hydrogens is 320 g/mol. The first kappa shape index (κ1) is 19.4. The fourth-order valence-corrected chi connectivity index (χ4v) is 2.71. The first-order chi connectivity index (χ1) is 12.2. The van der Waals surface area contributed by atoms with Gasteiger partial charge in [0.25, 0.3) is 5.91 Å². The Balaban J connectivity index is 1.76. The number of ether oxygens (including phenoxy) is 2. The molecule has 0 aromatic carbocycles. The van der Waals surface area contributed by atoms with Crippen molar-refractivity contribution in [2.75, 3.05) is 33.5 Å². The summed E-state index contributed by atoms with van der Waals surface area (Å²) in [4.78, 5) is 17.0. The zero-order valence-corrected chi connectivity index (χ0v) is 15.1. The number of hydrogen-bond donors (Lipinski definition) is 1. The lowest BCUT2D eigenvalue weighted by Crippen LogP contribution is -2.34. The molecule has 25 heavy (non-hydrogen) atoms.